The minimum Gasteiger partial charge on any atom is -0.497 e. The van der Waals surface area contributed by atoms with E-state index in [9.17, 15) is 14.4 Å². The summed E-state index contributed by atoms with van der Waals surface area (Å²) < 4.78 is 10.7. The molecule has 0 bridgehead atoms. The summed E-state index contributed by atoms with van der Waals surface area (Å²) >= 11 is 12.1. The first-order chi connectivity index (χ1) is 20.3. The highest BCUT2D eigenvalue weighted by Gasteiger charge is 2.17. The van der Waals surface area contributed by atoms with Crippen LogP contribution in [0.2, 0.25) is 10.0 Å². The number of hydrogen-bond donors (Lipinski definition) is 2. The maximum atomic E-state index is 13.4. The number of amides is 2. The van der Waals surface area contributed by atoms with Gasteiger partial charge < -0.3 is 20.1 Å². The SMILES string of the molecule is COc1ccc(OC)c(/C=C(\NC(=O)c2ccccc2)C(=O)Nc2ccc(C(=O)/C=C/c3ccc(Cl)cc3Cl)cc2)c1. The van der Waals surface area contributed by atoms with Crippen molar-refractivity contribution >= 4 is 58.6 Å². The molecule has 2 amide bonds. The molecule has 4 aromatic carbocycles. The van der Waals surface area contributed by atoms with Gasteiger partial charge in [-0.15, -0.1) is 0 Å². The van der Waals surface area contributed by atoms with Gasteiger partial charge in [-0.05, 0) is 90.5 Å². The molecule has 0 aliphatic carbocycles. The van der Waals surface area contributed by atoms with Crippen LogP contribution in [0.5, 0.6) is 11.5 Å². The van der Waals surface area contributed by atoms with Gasteiger partial charge in [0.15, 0.2) is 5.78 Å². The average molecular weight is 601 g/mol. The molecule has 0 radical (unpaired) electrons. The molecule has 0 aliphatic heterocycles. The Morgan fingerprint density at radius 1 is 0.762 bits per heavy atom. The quantitative estimate of drug-likeness (QED) is 0.147. The topological polar surface area (TPSA) is 93.7 Å². The molecule has 0 heterocycles. The van der Waals surface area contributed by atoms with E-state index >= 15 is 0 Å². The number of rotatable bonds is 10. The molecule has 0 fully saturated rings. The van der Waals surface area contributed by atoms with E-state index in [0.29, 0.717) is 49.5 Å². The molecule has 0 aromatic heterocycles. The second kappa shape index (κ2) is 14.2. The van der Waals surface area contributed by atoms with Gasteiger partial charge in [0.25, 0.3) is 11.8 Å². The molecule has 42 heavy (non-hydrogen) atoms. The van der Waals surface area contributed by atoms with E-state index in [-0.39, 0.29) is 11.5 Å². The van der Waals surface area contributed by atoms with Crippen LogP contribution in [0, 0.1) is 0 Å². The van der Waals surface area contributed by atoms with Crippen LogP contribution < -0.4 is 20.1 Å². The molecular formula is C33H26Cl2N2O5. The van der Waals surface area contributed by atoms with Crippen LogP contribution in [0.3, 0.4) is 0 Å². The van der Waals surface area contributed by atoms with E-state index in [1.165, 1.54) is 26.4 Å². The summed E-state index contributed by atoms with van der Waals surface area (Å²) in [6.07, 6.45) is 4.52. The van der Waals surface area contributed by atoms with Gasteiger partial charge >= 0.3 is 0 Å². The van der Waals surface area contributed by atoms with E-state index in [4.69, 9.17) is 32.7 Å². The number of benzene rings is 4. The number of allylic oxidation sites excluding steroid dienone is 1. The van der Waals surface area contributed by atoms with Gasteiger partial charge in [-0.3, -0.25) is 14.4 Å². The summed E-state index contributed by atoms with van der Waals surface area (Å²) in [4.78, 5) is 39.0. The second-order valence-electron chi connectivity index (χ2n) is 8.88. The van der Waals surface area contributed by atoms with E-state index in [1.54, 1.807) is 97.1 Å². The fourth-order valence-electron chi connectivity index (χ4n) is 3.86. The lowest BCUT2D eigenvalue weighted by atomic mass is 10.1. The van der Waals surface area contributed by atoms with E-state index in [2.05, 4.69) is 10.6 Å². The average Bonchev–Trinajstić information content (AvgIpc) is 3.00. The molecule has 0 atom stereocenters. The third kappa shape index (κ3) is 7.87. The number of anilines is 1. The Morgan fingerprint density at radius 3 is 2.17 bits per heavy atom. The van der Waals surface area contributed by atoms with Gasteiger partial charge in [0.2, 0.25) is 0 Å². The normalized spacial score (nSPS) is 11.2. The number of halogens is 2. The van der Waals surface area contributed by atoms with Crippen molar-refractivity contribution in [2.24, 2.45) is 0 Å². The Bertz CT molecular complexity index is 1670. The molecule has 0 spiro atoms. The third-order valence-electron chi connectivity index (χ3n) is 6.07. The van der Waals surface area contributed by atoms with Crippen LogP contribution in [0.25, 0.3) is 12.2 Å². The van der Waals surface area contributed by atoms with Crippen molar-refractivity contribution in [2.75, 3.05) is 19.5 Å². The predicted octanol–water partition coefficient (Wildman–Crippen LogP) is 7.32. The Labute approximate surface area is 253 Å². The fraction of sp³-hybridized carbons (Fsp3) is 0.0606. The Hall–Kier alpha value is -4.85. The van der Waals surface area contributed by atoms with E-state index < -0.39 is 11.8 Å². The van der Waals surface area contributed by atoms with Crippen molar-refractivity contribution < 1.29 is 23.9 Å². The number of hydrogen-bond acceptors (Lipinski definition) is 5. The number of carbonyl (C=O) groups is 3. The highest BCUT2D eigenvalue weighted by atomic mass is 35.5. The van der Waals surface area contributed by atoms with Gasteiger partial charge in [-0.25, -0.2) is 0 Å². The molecule has 0 aliphatic rings. The van der Waals surface area contributed by atoms with Gasteiger partial charge in [0, 0.05) is 32.4 Å². The summed E-state index contributed by atoms with van der Waals surface area (Å²) in [5.41, 5.74) is 2.34. The molecule has 0 unspecified atom stereocenters. The van der Waals surface area contributed by atoms with Crippen LogP contribution in [0.15, 0.2) is 103 Å². The molecule has 7 nitrogen and oxygen atoms in total. The smallest absolute Gasteiger partial charge is 0.272 e. The predicted molar refractivity (Wildman–Crippen MR) is 166 cm³/mol. The lowest BCUT2D eigenvalue weighted by Gasteiger charge is -2.13. The zero-order valence-corrected chi connectivity index (χ0v) is 24.2. The van der Waals surface area contributed by atoms with Crippen LogP contribution in [-0.4, -0.2) is 31.8 Å². The highest BCUT2D eigenvalue weighted by molar-refractivity contribution is 6.35. The van der Waals surface area contributed by atoms with Gasteiger partial charge in [0.05, 0.1) is 14.2 Å². The van der Waals surface area contributed by atoms with Gasteiger partial charge in [-0.1, -0.05) is 47.5 Å². The van der Waals surface area contributed by atoms with Gasteiger partial charge in [-0.2, -0.15) is 0 Å². The van der Waals surface area contributed by atoms with Crippen LogP contribution in [0.1, 0.15) is 31.8 Å². The summed E-state index contributed by atoms with van der Waals surface area (Å²) in [6, 6.07) is 25.0. The van der Waals surface area contributed by atoms with Crippen LogP contribution >= 0.6 is 23.2 Å². The Balaban J connectivity index is 1.55. The molecule has 2 N–H and O–H groups in total. The standard InChI is InChI=1S/C33H26Cl2N2O5/c1-41-27-15-17-31(42-2)24(18-27)19-29(37-32(39)23-6-4-3-5-7-23)33(40)36-26-13-9-22(10-14-26)30(38)16-11-21-8-12-25(34)20-28(21)35/h3-20H,1-2H3,(H,36,40)(H,37,39)/b16-11+,29-19-. The second-order valence-corrected chi connectivity index (χ2v) is 9.72. The van der Waals surface area contributed by atoms with E-state index in [1.807, 2.05) is 0 Å². The first-order valence-corrected chi connectivity index (χ1v) is 13.4. The zero-order valence-electron chi connectivity index (χ0n) is 22.7. The third-order valence-corrected chi connectivity index (χ3v) is 6.63. The molecule has 4 rings (SSSR count). The first kappa shape index (κ1) is 30.1. The summed E-state index contributed by atoms with van der Waals surface area (Å²) in [5, 5.41) is 6.39. The van der Waals surface area contributed by atoms with Crippen molar-refractivity contribution in [1.82, 2.24) is 5.32 Å². The van der Waals surface area contributed by atoms with Gasteiger partial charge in [0.1, 0.15) is 17.2 Å². The lowest BCUT2D eigenvalue weighted by molar-refractivity contribution is -0.113. The number of ketones is 1. The maximum absolute atomic E-state index is 13.4. The van der Waals surface area contributed by atoms with Crippen molar-refractivity contribution in [2.45, 2.75) is 0 Å². The largest absolute Gasteiger partial charge is 0.497 e. The molecule has 0 saturated carbocycles. The summed E-state index contributed by atoms with van der Waals surface area (Å²) in [6.45, 7) is 0. The maximum Gasteiger partial charge on any atom is 0.272 e. The molecule has 4 aromatic rings. The number of methoxy groups -OCH3 is 2. The molecule has 9 heteroatoms. The van der Waals surface area contributed by atoms with E-state index in [0.717, 1.165) is 0 Å². The number of nitrogens with one attached hydrogen (secondary N) is 2. The van der Waals surface area contributed by atoms with Crippen LogP contribution in [0.4, 0.5) is 5.69 Å². The lowest BCUT2D eigenvalue weighted by Crippen LogP contribution is -2.30. The summed E-state index contributed by atoms with van der Waals surface area (Å²) in [7, 11) is 3.03. The summed E-state index contributed by atoms with van der Waals surface area (Å²) in [5.74, 6) is -0.276. The first-order valence-electron chi connectivity index (χ1n) is 12.7. The highest BCUT2D eigenvalue weighted by Crippen LogP contribution is 2.26. The van der Waals surface area contributed by atoms with Crippen LogP contribution in [-0.2, 0) is 4.79 Å². The van der Waals surface area contributed by atoms with Crippen molar-refractivity contribution in [3.05, 3.63) is 135 Å². The Morgan fingerprint density at radius 2 is 1.50 bits per heavy atom. The number of ether oxygens (including phenoxy) is 2. The minimum absolute atomic E-state index is 0.0293. The van der Waals surface area contributed by atoms with Crippen molar-refractivity contribution in [3.63, 3.8) is 0 Å². The molecule has 212 valence electrons. The molecule has 0 saturated heterocycles. The van der Waals surface area contributed by atoms with Crippen molar-refractivity contribution in [3.8, 4) is 11.5 Å². The Kier molecular flexibility index (Phi) is 10.2. The number of carbonyl (C=O) groups excluding carboxylic acids is 3. The molecular weight excluding hydrogens is 575 g/mol. The minimum atomic E-state index is -0.583. The fourth-order valence-corrected chi connectivity index (χ4v) is 4.34. The van der Waals surface area contributed by atoms with Crippen molar-refractivity contribution in [1.29, 1.82) is 0 Å². The monoisotopic (exact) mass is 600 g/mol. The zero-order chi connectivity index (χ0) is 30.1.